The highest BCUT2D eigenvalue weighted by Crippen LogP contribution is 2.39. The van der Waals surface area contributed by atoms with Crippen LogP contribution in [-0.2, 0) is 4.74 Å². The Hall–Kier alpha value is -0.120. The van der Waals surface area contributed by atoms with Gasteiger partial charge in [0.2, 0.25) is 0 Å². The molecule has 3 heteroatoms. The van der Waals surface area contributed by atoms with Gasteiger partial charge in [-0.15, -0.1) is 0 Å². The summed E-state index contributed by atoms with van der Waals surface area (Å²) in [6, 6.07) is 1.42. The summed E-state index contributed by atoms with van der Waals surface area (Å²) >= 11 is 0. The molecule has 19 heavy (non-hydrogen) atoms. The van der Waals surface area contributed by atoms with Gasteiger partial charge in [0.1, 0.15) is 0 Å². The average Bonchev–Trinajstić information content (AvgIpc) is 2.80. The second-order valence-electron chi connectivity index (χ2n) is 7.24. The molecule has 2 aliphatic rings. The molecule has 1 N–H and O–H groups in total. The first-order valence-corrected chi connectivity index (χ1v) is 8.02. The van der Waals surface area contributed by atoms with E-state index in [0.29, 0.717) is 11.5 Å². The molecule has 3 atom stereocenters. The van der Waals surface area contributed by atoms with Crippen molar-refractivity contribution in [2.24, 2.45) is 11.3 Å². The largest absolute Gasteiger partial charge is 0.384 e. The molecule has 0 bridgehead atoms. The zero-order valence-electron chi connectivity index (χ0n) is 13.2. The first-order chi connectivity index (χ1) is 9.05. The highest BCUT2D eigenvalue weighted by atomic mass is 16.5. The van der Waals surface area contributed by atoms with Crippen LogP contribution < -0.4 is 5.32 Å². The molecule has 3 nitrogen and oxygen atoms in total. The van der Waals surface area contributed by atoms with Crippen molar-refractivity contribution in [2.75, 3.05) is 33.4 Å². The van der Waals surface area contributed by atoms with Gasteiger partial charge in [-0.05, 0) is 50.1 Å². The predicted molar refractivity (Wildman–Crippen MR) is 80.4 cm³/mol. The third-order valence-electron chi connectivity index (χ3n) is 5.01. The van der Waals surface area contributed by atoms with E-state index in [9.17, 15) is 0 Å². The Bertz CT molecular complexity index is 280. The van der Waals surface area contributed by atoms with Crippen molar-refractivity contribution < 1.29 is 4.74 Å². The molecule has 0 aromatic carbocycles. The van der Waals surface area contributed by atoms with Crippen molar-refractivity contribution in [3.63, 3.8) is 0 Å². The third kappa shape index (κ3) is 3.93. The van der Waals surface area contributed by atoms with Gasteiger partial charge in [0, 0.05) is 25.7 Å². The van der Waals surface area contributed by atoms with E-state index < -0.39 is 0 Å². The fourth-order valence-electron chi connectivity index (χ4n) is 3.97. The fourth-order valence-corrected chi connectivity index (χ4v) is 3.97. The summed E-state index contributed by atoms with van der Waals surface area (Å²) in [5.74, 6) is 0.748. The molecule has 0 aromatic heterocycles. The average molecular weight is 268 g/mol. The Morgan fingerprint density at radius 2 is 2.11 bits per heavy atom. The second-order valence-corrected chi connectivity index (χ2v) is 7.24. The van der Waals surface area contributed by atoms with Gasteiger partial charge < -0.3 is 10.1 Å². The van der Waals surface area contributed by atoms with Crippen LogP contribution in [0.4, 0.5) is 0 Å². The number of rotatable bonds is 5. The third-order valence-corrected chi connectivity index (χ3v) is 5.01. The maximum atomic E-state index is 5.33. The first kappa shape index (κ1) is 15.3. The number of hydrogen-bond donors (Lipinski definition) is 1. The Balaban J connectivity index is 1.97. The van der Waals surface area contributed by atoms with Crippen LogP contribution in [-0.4, -0.2) is 50.3 Å². The van der Waals surface area contributed by atoms with Crippen LogP contribution in [0.25, 0.3) is 0 Å². The molecule has 1 saturated carbocycles. The van der Waals surface area contributed by atoms with E-state index in [4.69, 9.17) is 4.74 Å². The lowest BCUT2D eigenvalue weighted by atomic mass is 9.72. The van der Waals surface area contributed by atoms with Gasteiger partial charge in [0.05, 0.1) is 6.61 Å². The quantitative estimate of drug-likeness (QED) is 0.829. The summed E-state index contributed by atoms with van der Waals surface area (Å²) in [6.45, 7) is 11.6. The number of likely N-dealkylation sites (N-methyl/N-ethyl adjacent to an activating group) is 1. The van der Waals surface area contributed by atoms with Crippen molar-refractivity contribution in [1.29, 1.82) is 0 Å². The maximum Gasteiger partial charge on any atom is 0.0503 e. The highest BCUT2D eigenvalue weighted by Gasteiger charge is 2.39. The van der Waals surface area contributed by atoms with Gasteiger partial charge >= 0.3 is 0 Å². The van der Waals surface area contributed by atoms with Crippen molar-refractivity contribution in [1.82, 2.24) is 10.2 Å². The maximum absolute atomic E-state index is 5.33. The molecule has 2 rings (SSSR count). The summed E-state index contributed by atoms with van der Waals surface area (Å²) in [6.07, 6.45) is 5.33. The van der Waals surface area contributed by atoms with E-state index in [1.54, 1.807) is 0 Å². The molecular weight excluding hydrogens is 236 g/mol. The molecule has 1 aliphatic heterocycles. The second kappa shape index (κ2) is 6.55. The Labute approximate surface area is 119 Å². The summed E-state index contributed by atoms with van der Waals surface area (Å²) in [5, 5.41) is 3.72. The molecule has 1 saturated heterocycles. The van der Waals surface area contributed by atoms with Gasteiger partial charge in [-0.3, -0.25) is 4.90 Å². The molecule has 1 heterocycles. The molecule has 0 amide bonds. The topological polar surface area (TPSA) is 24.5 Å². The SMILES string of the molecule is CCNC1CCC(C)(C)CC1N1CCC(COC)C1. The Morgan fingerprint density at radius 1 is 1.32 bits per heavy atom. The summed E-state index contributed by atoms with van der Waals surface area (Å²) in [7, 11) is 1.83. The van der Waals surface area contributed by atoms with Gasteiger partial charge in [0.25, 0.3) is 0 Å². The lowest BCUT2D eigenvalue weighted by Gasteiger charge is -2.45. The number of hydrogen-bond acceptors (Lipinski definition) is 3. The van der Waals surface area contributed by atoms with E-state index in [1.807, 2.05) is 7.11 Å². The zero-order valence-corrected chi connectivity index (χ0v) is 13.2. The van der Waals surface area contributed by atoms with Crippen LogP contribution in [0.1, 0.15) is 46.5 Å². The number of nitrogens with zero attached hydrogens (tertiary/aromatic N) is 1. The van der Waals surface area contributed by atoms with E-state index in [2.05, 4.69) is 31.0 Å². The molecule has 1 aliphatic carbocycles. The molecule has 0 aromatic rings. The van der Waals surface area contributed by atoms with E-state index >= 15 is 0 Å². The summed E-state index contributed by atoms with van der Waals surface area (Å²) < 4.78 is 5.33. The molecule has 0 radical (unpaired) electrons. The monoisotopic (exact) mass is 268 g/mol. The van der Waals surface area contributed by atoms with Crippen molar-refractivity contribution in [3.05, 3.63) is 0 Å². The van der Waals surface area contributed by atoms with Crippen molar-refractivity contribution >= 4 is 0 Å². The minimum atomic E-state index is 0.510. The number of methoxy groups -OCH3 is 1. The van der Waals surface area contributed by atoms with Gasteiger partial charge in [0.15, 0.2) is 0 Å². The first-order valence-electron chi connectivity index (χ1n) is 8.02. The standard InChI is InChI=1S/C16H32N2O/c1-5-17-14-6-8-16(2,3)10-15(14)18-9-7-13(11-18)12-19-4/h13-15,17H,5-12H2,1-4H3. The van der Waals surface area contributed by atoms with Crippen LogP contribution in [0.2, 0.25) is 0 Å². The molecule has 2 fully saturated rings. The van der Waals surface area contributed by atoms with Crippen molar-refractivity contribution in [3.8, 4) is 0 Å². The van der Waals surface area contributed by atoms with Crippen LogP contribution in [0.3, 0.4) is 0 Å². The van der Waals surface area contributed by atoms with Crippen LogP contribution in [0.5, 0.6) is 0 Å². The van der Waals surface area contributed by atoms with E-state index in [-0.39, 0.29) is 0 Å². The highest BCUT2D eigenvalue weighted by molar-refractivity contribution is 4.96. The normalized spacial score (nSPS) is 35.7. The van der Waals surface area contributed by atoms with E-state index in [0.717, 1.165) is 25.1 Å². The fraction of sp³-hybridized carbons (Fsp3) is 1.00. The predicted octanol–water partition coefficient (Wildman–Crippen LogP) is 2.51. The molecular formula is C16H32N2O. The van der Waals surface area contributed by atoms with Crippen LogP contribution in [0, 0.1) is 11.3 Å². The lowest BCUT2D eigenvalue weighted by molar-refractivity contribution is 0.0737. The Kier molecular flexibility index (Phi) is 5.27. The van der Waals surface area contributed by atoms with Crippen LogP contribution >= 0.6 is 0 Å². The minimum Gasteiger partial charge on any atom is -0.384 e. The molecule has 3 unspecified atom stereocenters. The van der Waals surface area contributed by atoms with Gasteiger partial charge in [-0.2, -0.15) is 0 Å². The smallest absolute Gasteiger partial charge is 0.0503 e. The van der Waals surface area contributed by atoms with E-state index in [1.165, 1.54) is 38.8 Å². The number of nitrogens with one attached hydrogen (secondary N) is 1. The molecule has 112 valence electrons. The number of ether oxygens (including phenoxy) is 1. The number of likely N-dealkylation sites (tertiary alicyclic amines) is 1. The minimum absolute atomic E-state index is 0.510. The van der Waals surface area contributed by atoms with Crippen LogP contribution in [0.15, 0.2) is 0 Å². The molecule has 0 spiro atoms. The zero-order chi connectivity index (χ0) is 13.9. The van der Waals surface area contributed by atoms with Gasteiger partial charge in [-0.1, -0.05) is 20.8 Å². The van der Waals surface area contributed by atoms with Crippen molar-refractivity contribution in [2.45, 2.75) is 58.5 Å². The Morgan fingerprint density at radius 3 is 2.79 bits per heavy atom. The lowest BCUT2D eigenvalue weighted by Crippen LogP contribution is -2.54. The van der Waals surface area contributed by atoms with Gasteiger partial charge in [-0.25, -0.2) is 0 Å². The summed E-state index contributed by atoms with van der Waals surface area (Å²) in [5.41, 5.74) is 0.510. The summed E-state index contributed by atoms with van der Waals surface area (Å²) in [4.78, 5) is 2.73.